The standard InChI is InChI=1S/C16H27N5O/c1-11(16(17)13(3)18-5)10-12(2)20-14(4)21-8-6-15(22)19-7-9-21/h2,6-10,17H2,1,3-5H3,(H,19,22)/b16-11-,18-13+,20-14+. The molecule has 0 unspecified atom stereocenters. The lowest BCUT2D eigenvalue weighted by molar-refractivity contribution is -0.120. The van der Waals surface area contributed by atoms with Crippen LogP contribution in [0.4, 0.5) is 0 Å². The highest BCUT2D eigenvalue weighted by Crippen LogP contribution is 2.14. The van der Waals surface area contributed by atoms with Crippen molar-refractivity contribution in [3.8, 4) is 0 Å². The van der Waals surface area contributed by atoms with Gasteiger partial charge in [0.1, 0.15) is 5.84 Å². The molecule has 1 heterocycles. The predicted octanol–water partition coefficient (Wildman–Crippen LogP) is 1.45. The number of rotatable bonds is 4. The molecule has 0 aromatic heterocycles. The van der Waals surface area contributed by atoms with E-state index in [4.69, 9.17) is 5.73 Å². The number of carbonyl (C=O) groups excluding carboxylic acids is 1. The first-order valence-corrected chi connectivity index (χ1v) is 7.48. The molecule has 1 aliphatic heterocycles. The van der Waals surface area contributed by atoms with E-state index < -0.39 is 0 Å². The van der Waals surface area contributed by atoms with Gasteiger partial charge in [-0.15, -0.1) is 0 Å². The molecule has 1 fully saturated rings. The summed E-state index contributed by atoms with van der Waals surface area (Å²) in [5.74, 6) is 0.976. The molecular formula is C16H27N5O. The van der Waals surface area contributed by atoms with Gasteiger partial charge in [0.25, 0.3) is 0 Å². The van der Waals surface area contributed by atoms with Crippen LogP contribution >= 0.6 is 0 Å². The lowest BCUT2D eigenvalue weighted by atomic mass is 10.1. The van der Waals surface area contributed by atoms with Crippen LogP contribution in [0, 0.1) is 0 Å². The molecule has 0 aromatic carbocycles. The van der Waals surface area contributed by atoms with E-state index in [1.165, 1.54) is 0 Å². The van der Waals surface area contributed by atoms with E-state index in [1.54, 1.807) is 7.05 Å². The van der Waals surface area contributed by atoms with Gasteiger partial charge >= 0.3 is 0 Å². The maximum absolute atomic E-state index is 11.4. The molecule has 0 saturated carbocycles. The summed E-state index contributed by atoms with van der Waals surface area (Å²) in [7, 11) is 1.72. The zero-order valence-corrected chi connectivity index (χ0v) is 14.1. The van der Waals surface area contributed by atoms with E-state index in [0.29, 0.717) is 31.6 Å². The third kappa shape index (κ3) is 5.35. The number of nitrogens with two attached hydrogens (primary N) is 1. The number of nitrogens with one attached hydrogen (secondary N) is 1. The number of carbonyl (C=O) groups is 1. The highest BCUT2D eigenvalue weighted by molar-refractivity contribution is 5.97. The predicted molar refractivity (Wildman–Crippen MR) is 92.0 cm³/mol. The number of nitrogens with zero attached hydrogens (tertiary/aromatic N) is 3. The van der Waals surface area contributed by atoms with Gasteiger partial charge in [-0.05, 0) is 26.3 Å². The zero-order chi connectivity index (χ0) is 16.7. The van der Waals surface area contributed by atoms with Crippen molar-refractivity contribution in [3.05, 3.63) is 23.5 Å². The van der Waals surface area contributed by atoms with Gasteiger partial charge in [-0.2, -0.15) is 0 Å². The van der Waals surface area contributed by atoms with Crippen LogP contribution in [-0.4, -0.2) is 49.0 Å². The van der Waals surface area contributed by atoms with Gasteiger partial charge in [0, 0.05) is 45.2 Å². The minimum Gasteiger partial charge on any atom is -0.397 e. The first-order valence-electron chi connectivity index (χ1n) is 7.48. The van der Waals surface area contributed by atoms with Crippen LogP contribution in [0.2, 0.25) is 0 Å². The largest absolute Gasteiger partial charge is 0.397 e. The van der Waals surface area contributed by atoms with Gasteiger partial charge in [-0.3, -0.25) is 9.79 Å². The van der Waals surface area contributed by atoms with Crippen molar-refractivity contribution in [1.82, 2.24) is 10.2 Å². The Morgan fingerprint density at radius 3 is 2.68 bits per heavy atom. The maximum atomic E-state index is 11.4. The van der Waals surface area contributed by atoms with Crippen molar-refractivity contribution in [2.75, 3.05) is 26.7 Å². The van der Waals surface area contributed by atoms with E-state index >= 15 is 0 Å². The van der Waals surface area contributed by atoms with Crippen molar-refractivity contribution < 1.29 is 4.79 Å². The molecule has 0 spiro atoms. The SMILES string of the molecule is C=C(C/C(C)=C(N)/C(C)=N/C)/N=C(\C)N1CCNC(=O)CC1. The van der Waals surface area contributed by atoms with Gasteiger partial charge in [0.05, 0.1) is 11.4 Å². The smallest absolute Gasteiger partial charge is 0.221 e. The Labute approximate surface area is 132 Å². The number of allylic oxidation sites excluding steroid dienone is 2. The Kier molecular flexibility index (Phi) is 6.82. The number of hydrogen-bond donors (Lipinski definition) is 2. The van der Waals surface area contributed by atoms with Crippen molar-refractivity contribution >= 4 is 17.5 Å². The fraction of sp³-hybridized carbons (Fsp3) is 0.562. The number of amides is 1. The molecule has 0 bridgehead atoms. The van der Waals surface area contributed by atoms with Crippen LogP contribution in [-0.2, 0) is 4.79 Å². The Balaban J connectivity index is 2.71. The quantitative estimate of drug-likeness (QED) is 0.609. The Hall–Kier alpha value is -2.11. The molecule has 0 radical (unpaired) electrons. The highest BCUT2D eigenvalue weighted by Gasteiger charge is 2.14. The number of hydrogen-bond acceptors (Lipinski definition) is 4. The molecule has 0 atom stereocenters. The summed E-state index contributed by atoms with van der Waals surface area (Å²) in [6.45, 7) is 11.9. The van der Waals surface area contributed by atoms with Crippen molar-refractivity contribution in [2.24, 2.45) is 15.7 Å². The second kappa shape index (κ2) is 8.36. The number of amidine groups is 1. The Morgan fingerprint density at radius 1 is 1.36 bits per heavy atom. The summed E-state index contributed by atoms with van der Waals surface area (Å²) in [5, 5.41) is 2.85. The normalized spacial score (nSPS) is 18.5. The van der Waals surface area contributed by atoms with Gasteiger partial charge in [-0.25, -0.2) is 4.99 Å². The minimum absolute atomic E-state index is 0.0926. The molecule has 122 valence electrons. The van der Waals surface area contributed by atoms with Crippen LogP contribution in [0.1, 0.15) is 33.6 Å². The lowest BCUT2D eigenvalue weighted by Crippen LogP contribution is -2.32. The van der Waals surface area contributed by atoms with E-state index in [0.717, 1.165) is 29.4 Å². The summed E-state index contributed by atoms with van der Waals surface area (Å²) in [5.41, 5.74) is 9.32. The Bertz CT molecular complexity index is 531. The molecule has 6 nitrogen and oxygen atoms in total. The van der Waals surface area contributed by atoms with Crippen molar-refractivity contribution in [1.29, 1.82) is 0 Å². The number of aliphatic imine (C=N–C) groups is 2. The van der Waals surface area contributed by atoms with Gasteiger partial charge in [-0.1, -0.05) is 6.58 Å². The first-order chi connectivity index (χ1) is 10.3. The summed E-state index contributed by atoms with van der Waals surface area (Å²) >= 11 is 0. The molecule has 3 N–H and O–H groups in total. The minimum atomic E-state index is 0.0926. The van der Waals surface area contributed by atoms with E-state index in [2.05, 4.69) is 26.8 Å². The average Bonchev–Trinajstić information content (AvgIpc) is 2.70. The average molecular weight is 305 g/mol. The fourth-order valence-corrected chi connectivity index (χ4v) is 2.26. The molecule has 1 saturated heterocycles. The summed E-state index contributed by atoms with van der Waals surface area (Å²) in [6.07, 6.45) is 1.11. The summed E-state index contributed by atoms with van der Waals surface area (Å²) < 4.78 is 0. The van der Waals surface area contributed by atoms with Crippen LogP contribution in [0.3, 0.4) is 0 Å². The monoisotopic (exact) mass is 305 g/mol. The van der Waals surface area contributed by atoms with Crippen molar-refractivity contribution in [3.63, 3.8) is 0 Å². The topological polar surface area (TPSA) is 83.1 Å². The van der Waals surface area contributed by atoms with E-state index in [9.17, 15) is 4.79 Å². The van der Waals surface area contributed by atoms with E-state index in [1.807, 2.05) is 20.8 Å². The van der Waals surface area contributed by atoms with Gasteiger partial charge in [0.2, 0.25) is 5.91 Å². The fourth-order valence-electron chi connectivity index (χ4n) is 2.26. The molecule has 1 amide bonds. The highest BCUT2D eigenvalue weighted by atomic mass is 16.1. The third-order valence-electron chi connectivity index (χ3n) is 3.74. The molecule has 6 heteroatoms. The Morgan fingerprint density at radius 2 is 2.05 bits per heavy atom. The molecule has 0 aliphatic carbocycles. The molecule has 1 aliphatic rings. The zero-order valence-electron chi connectivity index (χ0n) is 14.1. The van der Waals surface area contributed by atoms with Crippen LogP contribution in [0.5, 0.6) is 0 Å². The summed E-state index contributed by atoms with van der Waals surface area (Å²) in [4.78, 5) is 22.1. The third-order valence-corrected chi connectivity index (χ3v) is 3.74. The second-order valence-electron chi connectivity index (χ2n) is 5.49. The maximum Gasteiger partial charge on any atom is 0.221 e. The second-order valence-corrected chi connectivity index (χ2v) is 5.49. The molecule has 1 rings (SSSR count). The van der Waals surface area contributed by atoms with Crippen molar-refractivity contribution in [2.45, 2.75) is 33.6 Å². The first kappa shape index (κ1) is 17.9. The lowest BCUT2D eigenvalue weighted by Gasteiger charge is -2.21. The van der Waals surface area contributed by atoms with Gasteiger partial charge < -0.3 is 16.0 Å². The van der Waals surface area contributed by atoms with Crippen LogP contribution in [0.15, 0.2) is 33.5 Å². The summed E-state index contributed by atoms with van der Waals surface area (Å²) in [6, 6.07) is 0. The molecule has 0 aromatic rings. The van der Waals surface area contributed by atoms with Gasteiger partial charge in [0.15, 0.2) is 0 Å². The van der Waals surface area contributed by atoms with Crippen LogP contribution < -0.4 is 11.1 Å². The molecular weight excluding hydrogens is 278 g/mol. The van der Waals surface area contributed by atoms with Crippen LogP contribution in [0.25, 0.3) is 0 Å². The molecule has 22 heavy (non-hydrogen) atoms. The van der Waals surface area contributed by atoms with E-state index in [-0.39, 0.29) is 5.91 Å².